The summed E-state index contributed by atoms with van der Waals surface area (Å²) in [5, 5.41) is 0. The van der Waals surface area contributed by atoms with E-state index in [1.807, 2.05) is 36.4 Å². The van der Waals surface area contributed by atoms with Crippen LogP contribution in [0.15, 0.2) is 133 Å². The summed E-state index contributed by atoms with van der Waals surface area (Å²) in [5.41, 5.74) is 9.06. The van der Waals surface area contributed by atoms with Gasteiger partial charge in [0, 0.05) is 17.0 Å². The fourth-order valence-corrected chi connectivity index (χ4v) is 6.55. The maximum atomic E-state index is 5.29. The van der Waals surface area contributed by atoms with E-state index in [1.165, 1.54) is 33.4 Å². The average molecular weight is 486 g/mol. The summed E-state index contributed by atoms with van der Waals surface area (Å²) in [7, 11) is 0. The number of nitrogens with zero attached hydrogens (tertiary/aromatic N) is 3. The molecule has 0 radical (unpaired) electrons. The van der Waals surface area contributed by atoms with Gasteiger partial charge in [-0.05, 0) is 33.4 Å². The molecule has 1 aromatic heterocycles. The van der Waals surface area contributed by atoms with E-state index in [1.54, 1.807) is 0 Å². The summed E-state index contributed by atoms with van der Waals surface area (Å²) in [5.74, 6) is 2.33. The van der Waals surface area contributed by atoms with Crippen molar-refractivity contribution in [1.82, 2.24) is 15.0 Å². The van der Waals surface area contributed by atoms with Gasteiger partial charge in [-0.2, -0.15) is 0 Å². The molecule has 178 valence electrons. The summed E-state index contributed by atoms with van der Waals surface area (Å²) in [4.78, 5) is 15.6. The fourth-order valence-electron chi connectivity index (χ4n) is 6.55. The predicted octanol–water partition coefficient (Wildman–Crippen LogP) is 7.40. The maximum absolute atomic E-state index is 5.29. The zero-order chi connectivity index (χ0) is 25.1. The Morgan fingerprint density at radius 2 is 0.763 bits per heavy atom. The molecule has 0 saturated heterocycles. The second kappa shape index (κ2) is 8.06. The van der Waals surface area contributed by atoms with Gasteiger partial charge >= 0.3 is 0 Å². The van der Waals surface area contributed by atoms with E-state index < -0.39 is 5.41 Å². The summed E-state index contributed by atoms with van der Waals surface area (Å²) < 4.78 is 0. The van der Waals surface area contributed by atoms with E-state index >= 15 is 0 Å². The smallest absolute Gasteiger partial charge is 0.163 e. The van der Waals surface area contributed by atoms with Crippen LogP contribution in [0.1, 0.15) is 45.1 Å². The lowest BCUT2D eigenvalue weighted by Gasteiger charge is -2.49. The average Bonchev–Trinajstić information content (AvgIpc) is 3.01. The molecule has 2 bridgehead atoms. The van der Waals surface area contributed by atoms with Crippen LogP contribution in [0, 0.1) is 0 Å². The summed E-state index contributed by atoms with van der Waals surface area (Å²) >= 11 is 0. The molecule has 0 N–H and O–H groups in total. The Morgan fingerprint density at radius 3 is 1.18 bits per heavy atom. The van der Waals surface area contributed by atoms with Crippen LogP contribution in [0.5, 0.6) is 0 Å². The summed E-state index contributed by atoms with van der Waals surface area (Å²) in [6.45, 7) is 0. The fraction of sp³-hybridized carbons (Fsp3) is 0.0571. The van der Waals surface area contributed by atoms with Gasteiger partial charge in [-0.3, -0.25) is 0 Å². The van der Waals surface area contributed by atoms with E-state index in [-0.39, 0.29) is 5.92 Å². The third-order valence-corrected chi connectivity index (χ3v) is 8.06. The molecule has 3 aliphatic rings. The minimum absolute atomic E-state index is 0.199. The minimum Gasteiger partial charge on any atom is -0.211 e. The molecule has 1 heterocycles. The van der Waals surface area contributed by atoms with Crippen LogP contribution < -0.4 is 0 Å². The van der Waals surface area contributed by atoms with E-state index in [0.717, 1.165) is 17.0 Å². The maximum Gasteiger partial charge on any atom is 0.163 e. The van der Waals surface area contributed by atoms with Crippen LogP contribution in [0.4, 0.5) is 0 Å². The van der Waals surface area contributed by atoms with E-state index in [9.17, 15) is 0 Å². The number of benzene rings is 5. The minimum atomic E-state index is -0.644. The van der Waals surface area contributed by atoms with Gasteiger partial charge in [-0.15, -0.1) is 0 Å². The zero-order valence-electron chi connectivity index (χ0n) is 20.6. The normalized spacial score (nSPS) is 18.4. The van der Waals surface area contributed by atoms with Crippen LogP contribution in [-0.2, 0) is 5.41 Å². The Morgan fingerprint density at radius 1 is 0.395 bits per heavy atom. The number of hydrogen-bond acceptors (Lipinski definition) is 3. The Labute approximate surface area is 221 Å². The second-order valence-electron chi connectivity index (χ2n) is 9.98. The second-order valence-corrected chi connectivity index (χ2v) is 9.98. The van der Waals surface area contributed by atoms with Gasteiger partial charge in [0.05, 0.1) is 0 Å². The topological polar surface area (TPSA) is 38.7 Å². The van der Waals surface area contributed by atoms with Crippen LogP contribution in [0.25, 0.3) is 22.8 Å². The van der Waals surface area contributed by atoms with Gasteiger partial charge in [0.1, 0.15) is 5.41 Å². The van der Waals surface area contributed by atoms with Gasteiger partial charge in [0.15, 0.2) is 17.5 Å². The molecule has 0 amide bonds. The molecule has 5 aromatic carbocycles. The Hall–Kier alpha value is -4.89. The quantitative estimate of drug-likeness (QED) is 0.262. The van der Waals surface area contributed by atoms with E-state index in [4.69, 9.17) is 15.0 Å². The Bertz CT molecular complexity index is 1650. The highest BCUT2D eigenvalue weighted by atomic mass is 15.0. The number of rotatable bonds is 3. The molecule has 3 aliphatic carbocycles. The van der Waals surface area contributed by atoms with E-state index in [0.29, 0.717) is 11.6 Å². The van der Waals surface area contributed by atoms with Gasteiger partial charge in [-0.25, -0.2) is 15.0 Å². The van der Waals surface area contributed by atoms with Crippen molar-refractivity contribution < 1.29 is 0 Å². The Balaban J connectivity index is 1.53. The van der Waals surface area contributed by atoms with Gasteiger partial charge in [0.25, 0.3) is 0 Å². The van der Waals surface area contributed by atoms with Crippen molar-refractivity contribution in [2.24, 2.45) is 0 Å². The number of aromatic nitrogens is 3. The molecule has 38 heavy (non-hydrogen) atoms. The van der Waals surface area contributed by atoms with Crippen molar-refractivity contribution >= 4 is 0 Å². The lowest BCUT2D eigenvalue weighted by atomic mass is 9.52. The predicted molar refractivity (Wildman–Crippen MR) is 150 cm³/mol. The highest BCUT2D eigenvalue weighted by molar-refractivity contribution is 5.75. The van der Waals surface area contributed by atoms with Crippen molar-refractivity contribution in [3.05, 3.63) is 173 Å². The van der Waals surface area contributed by atoms with Crippen molar-refractivity contribution in [3.8, 4) is 22.8 Å². The monoisotopic (exact) mass is 485 g/mol. The number of hydrogen-bond donors (Lipinski definition) is 0. The Kier molecular flexibility index (Phi) is 4.50. The zero-order valence-corrected chi connectivity index (χ0v) is 20.6. The molecule has 9 rings (SSSR count). The highest BCUT2D eigenvalue weighted by Crippen LogP contribution is 2.60. The standard InChI is InChI=1S/C35H23N3/c1-3-13-23(14-4-1)32-36-33(24-15-5-2-6-16-24)38-34(37-32)35-28-20-10-7-17-25(28)31(26-18-8-11-21-29(26)35)27-19-9-12-22-30(27)35/h1-22,31H. The van der Waals surface area contributed by atoms with Gasteiger partial charge < -0.3 is 0 Å². The van der Waals surface area contributed by atoms with Crippen LogP contribution >= 0.6 is 0 Å². The molecular formula is C35H23N3. The first-order valence-corrected chi connectivity index (χ1v) is 13.0. The molecule has 3 heteroatoms. The molecule has 0 aliphatic heterocycles. The molecular weight excluding hydrogens is 462 g/mol. The molecule has 0 fully saturated rings. The van der Waals surface area contributed by atoms with Gasteiger partial charge in [0.2, 0.25) is 0 Å². The van der Waals surface area contributed by atoms with Crippen molar-refractivity contribution in [2.45, 2.75) is 11.3 Å². The largest absolute Gasteiger partial charge is 0.211 e. The molecule has 0 spiro atoms. The first kappa shape index (κ1) is 21.2. The molecule has 6 aromatic rings. The summed E-state index contributed by atoms with van der Waals surface area (Å²) in [6.07, 6.45) is 0. The molecule has 0 saturated carbocycles. The van der Waals surface area contributed by atoms with Crippen LogP contribution in [0.2, 0.25) is 0 Å². The van der Waals surface area contributed by atoms with E-state index in [2.05, 4.69) is 97.1 Å². The molecule has 0 unspecified atom stereocenters. The van der Waals surface area contributed by atoms with Crippen molar-refractivity contribution in [2.75, 3.05) is 0 Å². The third kappa shape index (κ3) is 2.81. The van der Waals surface area contributed by atoms with Gasteiger partial charge in [-0.1, -0.05) is 133 Å². The van der Waals surface area contributed by atoms with Crippen LogP contribution in [0.3, 0.4) is 0 Å². The van der Waals surface area contributed by atoms with Crippen molar-refractivity contribution in [3.63, 3.8) is 0 Å². The summed E-state index contributed by atoms with van der Waals surface area (Å²) in [6, 6.07) is 47.0. The highest BCUT2D eigenvalue weighted by Gasteiger charge is 2.54. The van der Waals surface area contributed by atoms with Crippen LogP contribution in [-0.4, -0.2) is 15.0 Å². The first-order chi connectivity index (χ1) is 18.9. The molecule has 0 atom stereocenters. The van der Waals surface area contributed by atoms with Crippen molar-refractivity contribution in [1.29, 1.82) is 0 Å². The lowest BCUT2D eigenvalue weighted by molar-refractivity contribution is 0.591. The third-order valence-electron chi connectivity index (χ3n) is 8.06. The first-order valence-electron chi connectivity index (χ1n) is 13.0. The lowest BCUT2D eigenvalue weighted by Crippen LogP contribution is -2.44. The SMILES string of the molecule is c1ccc(-c2nc(-c3ccccc3)nc(C34c5ccccc5C(c5ccccc53)c3ccccc34)n2)cc1. The molecule has 3 nitrogen and oxygen atoms in total.